The van der Waals surface area contributed by atoms with Crippen LogP contribution in [-0.4, -0.2) is 62.6 Å². The maximum absolute atomic E-state index is 12.4. The van der Waals surface area contributed by atoms with Gasteiger partial charge in [-0.3, -0.25) is 9.30 Å². The predicted molar refractivity (Wildman–Crippen MR) is 86.0 cm³/mol. The highest BCUT2D eigenvalue weighted by molar-refractivity contribution is 5.74. The van der Waals surface area contributed by atoms with Crippen molar-refractivity contribution in [1.82, 2.24) is 29.7 Å². The van der Waals surface area contributed by atoms with Crippen LogP contribution in [0.5, 0.6) is 0 Å². The van der Waals surface area contributed by atoms with Crippen LogP contribution in [0, 0.1) is 0 Å². The molecule has 2 aliphatic heterocycles. The summed E-state index contributed by atoms with van der Waals surface area (Å²) in [5, 5.41) is 11.2. The number of rotatable bonds is 2. The van der Waals surface area contributed by atoms with Crippen molar-refractivity contribution in [1.29, 1.82) is 0 Å². The molecule has 0 unspecified atom stereocenters. The first-order valence-electron chi connectivity index (χ1n) is 8.37. The Bertz CT molecular complexity index is 699. The molecule has 23 heavy (non-hydrogen) atoms. The third-order valence-electron chi connectivity index (χ3n) is 4.91. The fourth-order valence-electron chi connectivity index (χ4n) is 3.62. The quantitative estimate of drug-likeness (QED) is 0.902. The lowest BCUT2D eigenvalue weighted by atomic mass is 10.00. The van der Waals surface area contributed by atoms with Crippen LogP contribution in [0.1, 0.15) is 25.1 Å². The average molecular weight is 314 g/mol. The van der Waals surface area contributed by atoms with Crippen molar-refractivity contribution in [2.75, 3.05) is 26.2 Å². The van der Waals surface area contributed by atoms with Crippen molar-refractivity contribution in [3.8, 4) is 0 Å². The van der Waals surface area contributed by atoms with Crippen LogP contribution in [0.25, 0.3) is 5.65 Å². The van der Waals surface area contributed by atoms with Gasteiger partial charge in [0.25, 0.3) is 0 Å². The standard InChI is InChI=1S/C16H22N6O/c23-16(21-10-9-20-7-3-1-5-13(20)12-21)17-11-15-19-18-14-6-2-4-8-22(14)15/h2,4,6,8,13H,1,3,5,7,9-12H2,(H,17,23)/t13-/m1/s1. The molecule has 2 aliphatic rings. The number of hydrogen-bond acceptors (Lipinski definition) is 4. The number of nitrogens with zero attached hydrogens (tertiary/aromatic N) is 5. The van der Waals surface area contributed by atoms with E-state index in [0.717, 1.165) is 31.1 Å². The maximum Gasteiger partial charge on any atom is 0.317 e. The molecule has 0 bridgehead atoms. The van der Waals surface area contributed by atoms with E-state index in [1.807, 2.05) is 33.7 Å². The van der Waals surface area contributed by atoms with Gasteiger partial charge in [0, 0.05) is 31.9 Å². The van der Waals surface area contributed by atoms with Crippen LogP contribution >= 0.6 is 0 Å². The summed E-state index contributed by atoms with van der Waals surface area (Å²) in [7, 11) is 0. The van der Waals surface area contributed by atoms with Crippen molar-refractivity contribution in [2.45, 2.75) is 31.8 Å². The Labute approximate surface area is 135 Å². The molecule has 0 aliphatic carbocycles. The molecule has 1 N–H and O–H groups in total. The highest BCUT2D eigenvalue weighted by Crippen LogP contribution is 2.21. The molecule has 0 spiro atoms. The van der Waals surface area contributed by atoms with Gasteiger partial charge in [0.1, 0.15) is 0 Å². The van der Waals surface area contributed by atoms with Gasteiger partial charge in [0.2, 0.25) is 0 Å². The smallest absolute Gasteiger partial charge is 0.317 e. The molecule has 2 saturated heterocycles. The Morgan fingerprint density at radius 3 is 3.13 bits per heavy atom. The van der Waals surface area contributed by atoms with Gasteiger partial charge < -0.3 is 10.2 Å². The molecule has 1 atom stereocenters. The van der Waals surface area contributed by atoms with E-state index < -0.39 is 0 Å². The van der Waals surface area contributed by atoms with E-state index in [1.165, 1.54) is 25.8 Å². The van der Waals surface area contributed by atoms with Gasteiger partial charge >= 0.3 is 6.03 Å². The summed E-state index contributed by atoms with van der Waals surface area (Å²) in [5.41, 5.74) is 0.799. The molecule has 2 fully saturated rings. The molecule has 4 heterocycles. The summed E-state index contributed by atoms with van der Waals surface area (Å²) in [4.78, 5) is 16.9. The molecule has 0 aromatic carbocycles. The van der Waals surface area contributed by atoms with Crippen LogP contribution in [-0.2, 0) is 6.54 Å². The minimum atomic E-state index is 0.00269. The number of hydrogen-bond donors (Lipinski definition) is 1. The SMILES string of the molecule is O=C(NCc1nnc2ccccn12)N1CCN2CCCC[C@@H]2C1. The van der Waals surface area contributed by atoms with Gasteiger partial charge in [0.15, 0.2) is 11.5 Å². The molecule has 122 valence electrons. The number of piperidine rings is 1. The van der Waals surface area contributed by atoms with E-state index in [4.69, 9.17) is 0 Å². The third kappa shape index (κ3) is 2.88. The lowest BCUT2D eigenvalue weighted by molar-refractivity contribution is 0.0642. The highest BCUT2D eigenvalue weighted by Gasteiger charge is 2.30. The summed E-state index contributed by atoms with van der Waals surface area (Å²) in [5.74, 6) is 0.755. The number of carbonyl (C=O) groups excluding carboxylic acids is 1. The molecule has 4 rings (SSSR count). The lowest BCUT2D eigenvalue weighted by Crippen LogP contribution is -2.57. The van der Waals surface area contributed by atoms with Crippen LogP contribution < -0.4 is 5.32 Å². The Morgan fingerprint density at radius 2 is 2.17 bits per heavy atom. The minimum absolute atomic E-state index is 0.00269. The van der Waals surface area contributed by atoms with Crippen molar-refractivity contribution < 1.29 is 4.79 Å². The second kappa shape index (κ2) is 6.16. The topological polar surface area (TPSA) is 65.8 Å². The zero-order valence-electron chi connectivity index (χ0n) is 13.2. The molecule has 7 heteroatoms. The van der Waals surface area contributed by atoms with Crippen LogP contribution in [0.3, 0.4) is 0 Å². The summed E-state index contributed by atoms with van der Waals surface area (Å²) in [6.07, 6.45) is 5.70. The zero-order chi connectivity index (χ0) is 15.6. The molecule has 0 saturated carbocycles. The summed E-state index contributed by atoms with van der Waals surface area (Å²) < 4.78 is 1.90. The second-order valence-corrected chi connectivity index (χ2v) is 6.34. The van der Waals surface area contributed by atoms with Crippen molar-refractivity contribution >= 4 is 11.7 Å². The van der Waals surface area contributed by atoms with E-state index in [-0.39, 0.29) is 6.03 Å². The predicted octanol–water partition coefficient (Wildman–Crippen LogP) is 1.11. The fraction of sp³-hybridized carbons (Fsp3) is 0.562. The number of pyridine rings is 1. The monoisotopic (exact) mass is 314 g/mol. The molecular formula is C16H22N6O. The van der Waals surface area contributed by atoms with E-state index in [9.17, 15) is 4.79 Å². The molecule has 2 aromatic rings. The van der Waals surface area contributed by atoms with E-state index >= 15 is 0 Å². The van der Waals surface area contributed by atoms with E-state index in [1.54, 1.807) is 0 Å². The van der Waals surface area contributed by atoms with E-state index in [2.05, 4.69) is 20.4 Å². The van der Waals surface area contributed by atoms with Crippen LogP contribution in [0.2, 0.25) is 0 Å². The largest absolute Gasteiger partial charge is 0.331 e. The number of piperazine rings is 1. The summed E-state index contributed by atoms with van der Waals surface area (Å²) in [6.45, 7) is 4.22. The van der Waals surface area contributed by atoms with Crippen LogP contribution in [0.15, 0.2) is 24.4 Å². The fourth-order valence-corrected chi connectivity index (χ4v) is 3.62. The van der Waals surface area contributed by atoms with Crippen molar-refractivity contribution in [3.63, 3.8) is 0 Å². The van der Waals surface area contributed by atoms with Gasteiger partial charge in [-0.2, -0.15) is 0 Å². The summed E-state index contributed by atoms with van der Waals surface area (Å²) in [6, 6.07) is 6.31. The first-order chi connectivity index (χ1) is 11.3. The Kier molecular flexibility index (Phi) is 3.87. The molecule has 2 aromatic heterocycles. The van der Waals surface area contributed by atoms with Crippen LogP contribution in [0.4, 0.5) is 4.79 Å². The van der Waals surface area contributed by atoms with Crippen molar-refractivity contribution in [2.24, 2.45) is 0 Å². The van der Waals surface area contributed by atoms with Gasteiger partial charge in [0.05, 0.1) is 6.54 Å². The zero-order valence-corrected chi connectivity index (χ0v) is 13.2. The van der Waals surface area contributed by atoms with E-state index in [0.29, 0.717) is 12.6 Å². The highest BCUT2D eigenvalue weighted by atomic mass is 16.2. The number of amides is 2. The number of fused-ring (bicyclic) bond motifs is 2. The van der Waals surface area contributed by atoms with Crippen molar-refractivity contribution in [3.05, 3.63) is 30.2 Å². The normalized spacial score (nSPS) is 22.1. The van der Waals surface area contributed by atoms with Gasteiger partial charge in [-0.05, 0) is 31.5 Å². The first kappa shape index (κ1) is 14.4. The Morgan fingerprint density at radius 1 is 1.22 bits per heavy atom. The lowest BCUT2D eigenvalue weighted by Gasteiger charge is -2.43. The van der Waals surface area contributed by atoms with Gasteiger partial charge in [-0.25, -0.2) is 4.79 Å². The molecule has 0 radical (unpaired) electrons. The molecule has 2 amide bonds. The molecule has 7 nitrogen and oxygen atoms in total. The van der Waals surface area contributed by atoms with Gasteiger partial charge in [-0.15, -0.1) is 10.2 Å². The summed E-state index contributed by atoms with van der Waals surface area (Å²) >= 11 is 0. The first-order valence-corrected chi connectivity index (χ1v) is 8.37. The second-order valence-electron chi connectivity index (χ2n) is 6.34. The van der Waals surface area contributed by atoms with Gasteiger partial charge in [-0.1, -0.05) is 12.5 Å². The Balaban J connectivity index is 1.36. The average Bonchev–Trinajstić information content (AvgIpc) is 3.02. The third-order valence-corrected chi connectivity index (χ3v) is 4.91. The maximum atomic E-state index is 12.4. The number of urea groups is 1. The molecular weight excluding hydrogens is 292 g/mol. The Hall–Kier alpha value is -2.15. The number of aromatic nitrogens is 3. The number of nitrogens with one attached hydrogen (secondary N) is 1. The minimum Gasteiger partial charge on any atom is -0.331 e. The number of carbonyl (C=O) groups is 1.